The number of furan rings is 1. The molecule has 174 valence electrons. The molecule has 1 atom stereocenters. The first-order valence-electron chi connectivity index (χ1n) is 10.7. The highest BCUT2D eigenvalue weighted by Crippen LogP contribution is 2.45. The van der Waals surface area contributed by atoms with E-state index in [1.165, 1.54) is 27.6 Å². The third-order valence-electron chi connectivity index (χ3n) is 6.03. The van der Waals surface area contributed by atoms with Crippen LogP contribution < -0.4 is 19.6 Å². The van der Waals surface area contributed by atoms with Crippen LogP contribution in [0.5, 0.6) is 17.2 Å². The van der Waals surface area contributed by atoms with Crippen molar-refractivity contribution in [3.05, 3.63) is 87.2 Å². The van der Waals surface area contributed by atoms with E-state index in [4.69, 9.17) is 23.0 Å². The Bertz CT molecular complexity index is 1430. The second-order valence-corrected chi connectivity index (χ2v) is 8.05. The van der Waals surface area contributed by atoms with Crippen molar-refractivity contribution in [3.63, 3.8) is 0 Å². The lowest BCUT2D eigenvalue weighted by atomic mass is 9.97. The van der Waals surface area contributed by atoms with Gasteiger partial charge in [0, 0.05) is 0 Å². The van der Waals surface area contributed by atoms with Crippen LogP contribution in [-0.2, 0) is 6.54 Å². The monoisotopic (exact) mass is 461 g/mol. The van der Waals surface area contributed by atoms with Gasteiger partial charge >= 0.3 is 0 Å². The summed E-state index contributed by atoms with van der Waals surface area (Å²) in [5.74, 6) is 1.44. The van der Waals surface area contributed by atoms with E-state index in [1.54, 1.807) is 41.3 Å². The zero-order valence-corrected chi connectivity index (χ0v) is 19.2. The van der Waals surface area contributed by atoms with E-state index in [0.717, 1.165) is 5.56 Å². The van der Waals surface area contributed by atoms with Gasteiger partial charge in [0.2, 0.25) is 11.5 Å². The summed E-state index contributed by atoms with van der Waals surface area (Å²) >= 11 is 0. The molecule has 0 saturated carbocycles. The van der Waals surface area contributed by atoms with Crippen LogP contribution in [-0.4, -0.2) is 32.1 Å². The Morgan fingerprint density at radius 2 is 1.71 bits per heavy atom. The standard InChI is InChI=1S/C26H23NO7/c1-14-7-8-18-17(10-14)23(28)21-22(15-11-19(30-2)24(32-4)20(12-15)31-3)27(26(29)25(21)34-18)13-16-6-5-9-33-16/h5-12,22H,13H2,1-4H3. The predicted octanol–water partition coefficient (Wildman–Crippen LogP) is 4.47. The minimum atomic E-state index is -0.748. The molecule has 0 aliphatic carbocycles. The highest BCUT2D eigenvalue weighted by Gasteiger charge is 2.43. The SMILES string of the molecule is COc1cc(C2c3c(oc4ccc(C)cc4c3=O)C(=O)N2Cc2ccco2)cc(OC)c1OC. The van der Waals surface area contributed by atoms with Gasteiger partial charge in [0.05, 0.1) is 51.1 Å². The van der Waals surface area contributed by atoms with E-state index in [0.29, 0.717) is 39.5 Å². The summed E-state index contributed by atoms with van der Waals surface area (Å²) in [5.41, 5.74) is 1.91. The molecule has 4 aromatic rings. The van der Waals surface area contributed by atoms with E-state index in [2.05, 4.69) is 0 Å². The molecule has 2 aromatic heterocycles. The van der Waals surface area contributed by atoms with Crippen molar-refractivity contribution in [2.24, 2.45) is 0 Å². The van der Waals surface area contributed by atoms with Crippen molar-refractivity contribution >= 4 is 16.9 Å². The van der Waals surface area contributed by atoms with Crippen LogP contribution in [0.2, 0.25) is 0 Å². The summed E-state index contributed by atoms with van der Waals surface area (Å²) in [6.45, 7) is 2.04. The predicted molar refractivity (Wildman–Crippen MR) is 124 cm³/mol. The maximum atomic E-state index is 13.7. The second kappa shape index (κ2) is 8.30. The van der Waals surface area contributed by atoms with Crippen LogP contribution in [0.1, 0.15) is 39.0 Å². The molecule has 8 heteroatoms. The number of carbonyl (C=O) groups excluding carboxylic acids is 1. The molecule has 0 spiro atoms. The van der Waals surface area contributed by atoms with Crippen molar-refractivity contribution in [1.82, 2.24) is 4.90 Å². The fraction of sp³-hybridized carbons (Fsp3) is 0.231. The number of methoxy groups -OCH3 is 3. The molecule has 0 fully saturated rings. The molecule has 8 nitrogen and oxygen atoms in total. The summed E-state index contributed by atoms with van der Waals surface area (Å²) in [7, 11) is 4.54. The van der Waals surface area contributed by atoms with E-state index < -0.39 is 11.9 Å². The van der Waals surface area contributed by atoms with Gasteiger partial charge in [-0.1, -0.05) is 11.6 Å². The van der Waals surface area contributed by atoms with Crippen molar-refractivity contribution in [2.75, 3.05) is 21.3 Å². The molecule has 1 unspecified atom stereocenters. The number of carbonyl (C=O) groups is 1. The second-order valence-electron chi connectivity index (χ2n) is 8.05. The smallest absolute Gasteiger partial charge is 0.291 e. The lowest BCUT2D eigenvalue weighted by Gasteiger charge is -2.25. The molecule has 0 saturated heterocycles. The number of hydrogen-bond donors (Lipinski definition) is 0. The Hall–Kier alpha value is -4.20. The molecule has 34 heavy (non-hydrogen) atoms. The third-order valence-corrected chi connectivity index (χ3v) is 6.03. The first-order valence-corrected chi connectivity index (χ1v) is 10.7. The van der Waals surface area contributed by atoms with Gasteiger partial charge in [-0.05, 0) is 48.9 Å². The minimum Gasteiger partial charge on any atom is -0.493 e. The Morgan fingerprint density at radius 1 is 0.971 bits per heavy atom. The van der Waals surface area contributed by atoms with Crippen LogP contribution in [0.4, 0.5) is 0 Å². The molecule has 0 radical (unpaired) electrons. The molecule has 1 amide bonds. The van der Waals surface area contributed by atoms with Crippen LogP contribution in [0.25, 0.3) is 11.0 Å². The van der Waals surface area contributed by atoms with Gasteiger partial charge < -0.3 is 27.9 Å². The van der Waals surface area contributed by atoms with Crippen LogP contribution in [0.3, 0.4) is 0 Å². The van der Waals surface area contributed by atoms with Crippen molar-refractivity contribution in [2.45, 2.75) is 19.5 Å². The van der Waals surface area contributed by atoms with E-state index in [-0.39, 0.29) is 23.3 Å². The number of benzene rings is 2. The van der Waals surface area contributed by atoms with Gasteiger partial charge in [-0.25, -0.2) is 0 Å². The summed E-state index contributed by atoms with van der Waals surface area (Å²) in [4.78, 5) is 28.9. The molecule has 1 aliphatic heterocycles. The Kier molecular flexibility index (Phi) is 5.28. The molecule has 3 heterocycles. The molecule has 0 N–H and O–H groups in total. The molecular formula is C26H23NO7. The van der Waals surface area contributed by atoms with E-state index >= 15 is 0 Å². The van der Waals surface area contributed by atoms with Crippen LogP contribution >= 0.6 is 0 Å². The first kappa shape index (κ1) is 21.6. The summed E-state index contributed by atoms with van der Waals surface area (Å²) in [5, 5.41) is 0.420. The minimum absolute atomic E-state index is 0.0201. The fourth-order valence-electron chi connectivity index (χ4n) is 4.47. The first-order chi connectivity index (χ1) is 16.5. The summed E-state index contributed by atoms with van der Waals surface area (Å²) in [6, 6.07) is 11.6. The van der Waals surface area contributed by atoms with Gasteiger partial charge in [-0.15, -0.1) is 0 Å². The zero-order valence-electron chi connectivity index (χ0n) is 19.2. The third kappa shape index (κ3) is 3.30. The number of aryl methyl sites for hydroxylation is 1. The number of rotatable bonds is 6. The molecule has 1 aliphatic rings. The van der Waals surface area contributed by atoms with Gasteiger partial charge in [0.25, 0.3) is 5.91 Å². The highest BCUT2D eigenvalue weighted by molar-refractivity contribution is 5.99. The van der Waals surface area contributed by atoms with Crippen molar-refractivity contribution in [3.8, 4) is 17.2 Å². The Morgan fingerprint density at radius 3 is 2.32 bits per heavy atom. The number of fused-ring (bicyclic) bond motifs is 2. The number of nitrogens with zero attached hydrogens (tertiary/aromatic N) is 1. The molecule has 5 rings (SSSR count). The van der Waals surface area contributed by atoms with E-state index in [1.807, 2.05) is 13.0 Å². The zero-order chi connectivity index (χ0) is 24.0. The lowest BCUT2D eigenvalue weighted by molar-refractivity contribution is 0.0701. The molecule has 0 bridgehead atoms. The normalized spacial score (nSPS) is 15.0. The lowest BCUT2D eigenvalue weighted by Crippen LogP contribution is -2.29. The van der Waals surface area contributed by atoms with Gasteiger partial charge in [0.1, 0.15) is 11.3 Å². The van der Waals surface area contributed by atoms with Crippen LogP contribution in [0.15, 0.2) is 62.4 Å². The topological polar surface area (TPSA) is 91.4 Å². The maximum Gasteiger partial charge on any atom is 0.291 e. The largest absolute Gasteiger partial charge is 0.493 e. The van der Waals surface area contributed by atoms with Gasteiger partial charge in [-0.3, -0.25) is 9.59 Å². The van der Waals surface area contributed by atoms with Crippen LogP contribution in [0, 0.1) is 6.92 Å². The van der Waals surface area contributed by atoms with Gasteiger partial charge in [-0.2, -0.15) is 0 Å². The fourth-order valence-corrected chi connectivity index (χ4v) is 4.47. The summed E-state index contributed by atoms with van der Waals surface area (Å²) < 4.78 is 28.0. The average Bonchev–Trinajstić information content (AvgIpc) is 3.46. The number of ether oxygens (including phenoxy) is 3. The number of amides is 1. The van der Waals surface area contributed by atoms with Crippen molar-refractivity contribution in [1.29, 1.82) is 0 Å². The molecule has 2 aromatic carbocycles. The Balaban J connectivity index is 1.78. The van der Waals surface area contributed by atoms with Gasteiger partial charge in [0.15, 0.2) is 16.9 Å². The van der Waals surface area contributed by atoms with Crippen molar-refractivity contribution < 1.29 is 27.8 Å². The molecular weight excluding hydrogens is 438 g/mol. The number of hydrogen-bond acceptors (Lipinski definition) is 7. The maximum absolute atomic E-state index is 13.7. The highest BCUT2D eigenvalue weighted by atomic mass is 16.5. The quantitative estimate of drug-likeness (QED) is 0.418. The Labute approximate surface area is 195 Å². The van der Waals surface area contributed by atoms with E-state index in [9.17, 15) is 9.59 Å². The average molecular weight is 461 g/mol. The summed E-state index contributed by atoms with van der Waals surface area (Å²) in [6.07, 6.45) is 1.54.